The average molecular weight is 441 g/mol. The summed E-state index contributed by atoms with van der Waals surface area (Å²) in [4.78, 5) is 21.2. The first-order valence-corrected chi connectivity index (χ1v) is 9.17. The summed E-state index contributed by atoms with van der Waals surface area (Å²) in [5.74, 6) is -0.711. The summed E-state index contributed by atoms with van der Waals surface area (Å²) in [5, 5.41) is 12.9. The number of phenols is 1. The summed E-state index contributed by atoms with van der Waals surface area (Å²) < 4.78 is 46.6. The van der Waals surface area contributed by atoms with Crippen LogP contribution in [0.4, 0.5) is 24.7 Å². The molecule has 0 unspecified atom stereocenters. The molecule has 0 aliphatic carbocycles. The standard InChI is InChI=1S/C22H14F3N3O4/c23-22(24,25)32-16-8-5-14(6-9-16)27-21-17(20(30)28-19-3-1-2-10-26-19)11-13-4-7-15(29)12-18(13)31-21/h1-12,29H,(H,26,28,30). The van der Waals surface area contributed by atoms with Crippen molar-refractivity contribution >= 4 is 28.4 Å². The molecule has 0 saturated heterocycles. The number of fused-ring (bicyclic) bond motifs is 1. The molecule has 0 spiro atoms. The predicted molar refractivity (Wildman–Crippen MR) is 108 cm³/mol. The Morgan fingerprint density at radius 1 is 1.06 bits per heavy atom. The molecule has 0 saturated carbocycles. The van der Waals surface area contributed by atoms with Gasteiger partial charge in [0.05, 0.1) is 5.69 Å². The van der Waals surface area contributed by atoms with Crippen LogP contribution in [0.2, 0.25) is 0 Å². The van der Waals surface area contributed by atoms with Gasteiger partial charge in [-0.2, -0.15) is 0 Å². The number of pyridine rings is 1. The van der Waals surface area contributed by atoms with Crippen molar-refractivity contribution in [1.82, 2.24) is 4.98 Å². The number of halogens is 3. The summed E-state index contributed by atoms with van der Waals surface area (Å²) in [5.41, 5.74) is 0.426. The molecule has 10 heteroatoms. The Morgan fingerprint density at radius 3 is 2.53 bits per heavy atom. The van der Waals surface area contributed by atoms with Gasteiger partial charge in [0.15, 0.2) is 0 Å². The van der Waals surface area contributed by atoms with Gasteiger partial charge in [0.2, 0.25) is 5.55 Å². The Hall–Kier alpha value is -4.34. The van der Waals surface area contributed by atoms with Gasteiger partial charge in [-0.3, -0.25) is 4.79 Å². The van der Waals surface area contributed by atoms with E-state index in [1.165, 1.54) is 36.5 Å². The van der Waals surface area contributed by atoms with Crippen molar-refractivity contribution in [3.8, 4) is 11.5 Å². The zero-order chi connectivity index (χ0) is 22.7. The van der Waals surface area contributed by atoms with Crippen LogP contribution in [0.25, 0.3) is 11.0 Å². The summed E-state index contributed by atoms with van der Waals surface area (Å²) >= 11 is 0. The summed E-state index contributed by atoms with van der Waals surface area (Å²) in [6.07, 6.45) is -3.30. The van der Waals surface area contributed by atoms with E-state index in [2.05, 4.69) is 20.0 Å². The molecule has 1 amide bonds. The molecule has 2 heterocycles. The molecule has 2 N–H and O–H groups in total. The molecule has 4 aromatic rings. The maximum absolute atomic E-state index is 12.9. The minimum Gasteiger partial charge on any atom is -0.508 e. The van der Waals surface area contributed by atoms with E-state index in [0.717, 1.165) is 12.1 Å². The lowest BCUT2D eigenvalue weighted by Crippen LogP contribution is -2.22. The number of hydrogen-bond acceptors (Lipinski definition) is 6. The van der Waals surface area contributed by atoms with E-state index in [1.807, 2.05) is 0 Å². The number of alkyl halides is 3. The number of nitrogens with zero attached hydrogens (tertiary/aromatic N) is 2. The third kappa shape index (κ3) is 5.04. The van der Waals surface area contributed by atoms with E-state index in [9.17, 15) is 23.1 Å². The summed E-state index contributed by atoms with van der Waals surface area (Å²) in [6.45, 7) is 0. The van der Waals surface area contributed by atoms with E-state index in [4.69, 9.17) is 4.42 Å². The largest absolute Gasteiger partial charge is 0.573 e. The van der Waals surface area contributed by atoms with Crippen LogP contribution in [-0.2, 0) is 0 Å². The molecule has 32 heavy (non-hydrogen) atoms. The Balaban J connectivity index is 1.77. The van der Waals surface area contributed by atoms with E-state index in [0.29, 0.717) is 11.2 Å². The SMILES string of the molecule is O=C(Nc1ccccn1)c1cc2ccc(O)cc2oc1=Nc1ccc(OC(F)(F)F)cc1. The Kier molecular flexibility index (Phi) is 5.50. The smallest absolute Gasteiger partial charge is 0.508 e. The van der Waals surface area contributed by atoms with Crippen molar-refractivity contribution in [2.45, 2.75) is 6.36 Å². The number of hydrogen-bond donors (Lipinski definition) is 2. The van der Waals surface area contributed by atoms with E-state index in [-0.39, 0.29) is 28.1 Å². The maximum Gasteiger partial charge on any atom is 0.573 e. The monoisotopic (exact) mass is 441 g/mol. The molecule has 0 aliphatic heterocycles. The van der Waals surface area contributed by atoms with Crippen molar-refractivity contribution < 1.29 is 32.2 Å². The number of nitrogens with one attached hydrogen (secondary N) is 1. The Morgan fingerprint density at radius 2 is 1.84 bits per heavy atom. The zero-order valence-electron chi connectivity index (χ0n) is 16.1. The van der Waals surface area contributed by atoms with Gasteiger partial charge in [0.25, 0.3) is 5.91 Å². The van der Waals surface area contributed by atoms with Gasteiger partial charge in [-0.25, -0.2) is 9.98 Å². The topological polar surface area (TPSA) is 97.0 Å². The van der Waals surface area contributed by atoms with Crippen molar-refractivity contribution in [2.24, 2.45) is 4.99 Å². The highest BCUT2D eigenvalue weighted by Crippen LogP contribution is 2.25. The number of aromatic nitrogens is 1. The van der Waals surface area contributed by atoms with Gasteiger partial charge in [-0.1, -0.05) is 6.07 Å². The minimum atomic E-state index is -4.81. The molecule has 7 nitrogen and oxygen atoms in total. The van der Waals surface area contributed by atoms with Gasteiger partial charge >= 0.3 is 6.36 Å². The number of rotatable bonds is 4. The second-order valence-electron chi connectivity index (χ2n) is 6.51. The van der Waals surface area contributed by atoms with Crippen LogP contribution in [0.5, 0.6) is 11.5 Å². The van der Waals surface area contributed by atoms with Crippen LogP contribution in [0.3, 0.4) is 0 Å². The zero-order valence-corrected chi connectivity index (χ0v) is 16.1. The normalized spacial score (nSPS) is 12.0. The third-order valence-electron chi connectivity index (χ3n) is 4.19. The second kappa shape index (κ2) is 8.42. The van der Waals surface area contributed by atoms with Crippen LogP contribution >= 0.6 is 0 Å². The minimum absolute atomic E-state index is 0.0495. The van der Waals surface area contributed by atoms with Gasteiger partial charge in [0.1, 0.15) is 28.5 Å². The van der Waals surface area contributed by atoms with Gasteiger partial charge < -0.3 is 19.6 Å². The number of anilines is 1. The molecular weight excluding hydrogens is 427 g/mol. The molecule has 162 valence electrons. The Bertz CT molecular complexity index is 1330. The quantitative estimate of drug-likeness (QED) is 0.469. The van der Waals surface area contributed by atoms with Crippen LogP contribution in [-0.4, -0.2) is 22.4 Å². The van der Waals surface area contributed by atoms with Gasteiger partial charge in [-0.05, 0) is 54.6 Å². The van der Waals surface area contributed by atoms with Gasteiger partial charge in [-0.15, -0.1) is 13.2 Å². The van der Waals surface area contributed by atoms with E-state index in [1.54, 1.807) is 24.3 Å². The fraction of sp³-hybridized carbons (Fsp3) is 0.0455. The lowest BCUT2D eigenvalue weighted by atomic mass is 10.1. The molecule has 0 radical (unpaired) electrons. The first-order chi connectivity index (χ1) is 15.3. The maximum atomic E-state index is 12.9. The van der Waals surface area contributed by atoms with Crippen molar-refractivity contribution in [1.29, 1.82) is 0 Å². The molecule has 0 atom stereocenters. The molecule has 0 fully saturated rings. The highest BCUT2D eigenvalue weighted by Gasteiger charge is 2.30. The van der Waals surface area contributed by atoms with Crippen LogP contribution in [0, 0.1) is 0 Å². The van der Waals surface area contributed by atoms with Gasteiger partial charge in [0, 0.05) is 17.6 Å². The highest BCUT2D eigenvalue weighted by molar-refractivity contribution is 6.05. The lowest BCUT2D eigenvalue weighted by Gasteiger charge is -2.08. The number of amides is 1. The number of aromatic hydroxyl groups is 1. The van der Waals surface area contributed by atoms with Crippen LogP contribution in [0.15, 0.2) is 82.3 Å². The number of ether oxygens (including phenoxy) is 1. The van der Waals surface area contributed by atoms with Crippen LogP contribution < -0.4 is 15.6 Å². The number of carbonyl (C=O) groups excluding carboxylic acids is 1. The molecular formula is C22H14F3N3O4. The fourth-order valence-electron chi connectivity index (χ4n) is 2.81. The average Bonchev–Trinajstić information content (AvgIpc) is 2.74. The Labute approximate surface area is 178 Å². The fourth-order valence-corrected chi connectivity index (χ4v) is 2.81. The number of phenolic OH excluding ortho intramolecular Hbond substituents is 1. The molecule has 0 aliphatic rings. The number of carbonyl (C=O) groups is 1. The van der Waals surface area contributed by atoms with Crippen molar-refractivity contribution in [3.05, 3.63) is 84.0 Å². The molecule has 4 rings (SSSR count). The third-order valence-corrected chi connectivity index (χ3v) is 4.19. The second-order valence-corrected chi connectivity index (χ2v) is 6.51. The highest BCUT2D eigenvalue weighted by atomic mass is 19.4. The van der Waals surface area contributed by atoms with E-state index < -0.39 is 18.0 Å². The first kappa shape index (κ1) is 20.9. The summed E-state index contributed by atoms with van der Waals surface area (Å²) in [7, 11) is 0. The van der Waals surface area contributed by atoms with Crippen LogP contribution in [0.1, 0.15) is 10.4 Å². The van der Waals surface area contributed by atoms with E-state index >= 15 is 0 Å². The molecule has 2 aromatic heterocycles. The molecule has 0 bridgehead atoms. The van der Waals surface area contributed by atoms with Crippen molar-refractivity contribution in [2.75, 3.05) is 5.32 Å². The predicted octanol–water partition coefficient (Wildman–Crippen LogP) is 4.92. The summed E-state index contributed by atoms with van der Waals surface area (Å²) in [6, 6.07) is 15.6. The molecule has 2 aromatic carbocycles. The lowest BCUT2D eigenvalue weighted by molar-refractivity contribution is -0.274. The van der Waals surface area contributed by atoms with Crippen molar-refractivity contribution in [3.63, 3.8) is 0 Å². The number of benzene rings is 2. The first-order valence-electron chi connectivity index (χ1n) is 9.17.